The van der Waals surface area contributed by atoms with E-state index in [1.54, 1.807) is 0 Å². The third-order valence-corrected chi connectivity index (χ3v) is 5.91. The molecule has 2 N–H and O–H groups in total. The number of carbonyl (C=O) groups excluding carboxylic acids is 2. The number of nitrogens with zero attached hydrogens (tertiary/aromatic N) is 1. The van der Waals surface area contributed by atoms with Gasteiger partial charge in [-0.2, -0.15) is 0 Å². The van der Waals surface area contributed by atoms with E-state index in [4.69, 9.17) is 5.11 Å². The van der Waals surface area contributed by atoms with Crippen molar-refractivity contribution in [2.24, 2.45) is 5.92 Å². The van der Waals surface area contributed by atoms with Crippen molar-refractivity contribution in [3.63, 3.8) is 0 Å². The lowest BCUT2D eigenvalue weighted by atomic mass is 9.97. The third-order valence-electron chi connectivity index (χ3n) is 5.91. The normalized spacial score (nSPS) is 12.9. The van der Waals surface area contributed by atoms with Crippen LogP contribution in [0.5, 0.6) is 0 Å². The van der Waals surface area contributed by atoms with Gasteiger partial charge in [0.1, 0.15) is 6.04 Å². The van der Waals surface area contributed by atoms with Crippen LogP contribution in [0, 0.1) is 5.92 Å². The van der Waals surface area contributed by atoms with E-state index in [1.807, 2.05) is 11.8 Å². The van der Waals surface area contributed by atoms with Crippen LogP contribution < -0.4 is 5.32 Å². The highest BCUT2D eigenvalue weighted by atomic mass is 16.4. The highest BCUT2D eigenvalue weighted by Crippen LogP contribution is 2.15. The van der Waals surface area contributed by atoms with Crippen LogP contribution in [0.15, 0.2) is 0 Å². The lowest BCUT2D eigenvalue weighted by Crippen LogP contribution is -2.50. The Balaban J connectivity index is 5.23. The molecule has 0 spiro atoms. The number of amides is 2. The Labute approximate surface area is 190 Å². The van der Waals surface area contributed by atoms with E-state index in [2.05, 4.69) is 26.1 Å². The van der Waals surface area contributed by atoms with Gasteiger partial charge < -0.3 is 15.3 Å². The number of unbranched alkanes of at least 4 members (excludes halogenated alkanes) is 7. The van der Waals surface area contributed by atoms with Gasteiger partial charge in [-0.25, -0.2) is 0 Å². The summed E-state index contributed by atoms with van der Waals surface area (Å²) in [6.07, 6.45) is 12.2. The molecule has 0 aromatic rings. The van der Waals surface area contributed by atoms with Crippen LogP contribution in [0.3, 0.4) is 0 Å². The summed E-state index contributed by atoms with van der Waals surface area (Å²) in [6.45, 7) is 9.76. The fraction of sp³-hybridized carbons (Fsp3) is 0.880. The highest BCUT2D eigenvalue weighted by molar-refractivity contribution is 5.88. The number of carboxylic acids is 1. The summed E-state index contributed by atoms with van der Waals surface area (Å²) in [5, 5.41) is 12.1. The zero-order chi connectivity index (χ0) is 23.5. The number of aliphatic carboxylic acids is 1. The molecule has 0 saturated carbocycles. The molecule has 2 atom stereocenters. The van der Waals surface area contributed by atoms with Crippen LogP contribution >= 0.6 is 0 Å². The molecule has 0 aromatic carbocycles. The van der Waals surface area contributed by atoms with Crippen molar-refractivity contribution in [2.75, 3.05) is 13.1 Å². The quantitative estimate of drug-likeness (QED) is 0.243. The molecule has 0 bridgehead atoms. The fourth-order valence-electron chi connectivity index (χ4n) is 3.80. The number of nitrogens with one attached hydrogen (secondary N) is 1. The molecular weight excluding hydrogens is 392 g/mol. The van der Waals surface area contributed by atoms with E-state index in [0.29, 0.717) is 13.1 Å². The smallest absolute Gasteiger partial charge is 0.303 e. The minimum atomic E-state index is -0.942. The Hall–Kier alpha value is -1.59. The molecule has 1 unspecified atom stereocenters. The minimum Gasteiger partial charge on any atom is -0.481 e. The summed E-state index contributed by atoms with van der Waals surface area (Å²) in [5.74, 6) is -1.30. The molecule has 0 aliphatic carbocycles. The predicted molar refractivity (Wildman–Crippen MR) is 127 cm³/mol. The molecular formula is C25H48N2O4. The van der Waals surface area contributed by atoms with Crippen molar-refractivity contribution < 1.29 is 19.5 Å². The molecule has 0 saturated heterocycles. The third kappa shape index (κ3) is 14.2. The van der Waals surface area contributed by atoms with Crippen molar-refractivity contribution in [1.29, 1.82) is 0 Å². The zero-order valence-electron chi connectivity index (χ0n) is 20.6. The standard InChI is InChI=1S/C25H48N2O4/c1-5-9-12-14-19-27(20-15-13-10-6-2)25(31)22(17-18-23(28)29)26-24(30)21(8-4)16-11-7-3/h21-22H,5-20H2,1-4H3,(H,26,30)(H,28,29)/t21?,22-/m0/s1. The molecule has 6 heteroatoms. The number of hydrogen-bond donors (Lipinski definition) is 2. The van der Waals surface area contributed by atoms with Crippen molar-refractivity contribution in [1.82, 2.24) is 10.2 Å². The van der Waals surface area contributed by atoms with Gasteiger partial charge in [0, 0.05) is 25.4 Å². The second-order valence-electron chi connectivity index (χ2n) is 8.69. The molecule has 0 aliphatic rings. The predicted octanol–water partition coefficient (Wildman–Crippen LogP) is 5.54. The van der Waals surface area contributed by atoms with E-state index in [0.717, 1.165) is 77.0 Å². The maximum absolute atomic E-state index is 13.4. The molecule has 0 radical (unpaired) electrons. The van der Waals surface area contributed by atoms with Crippen LogP contribution in [-0.2, 0) is 14.4 Å². The van der Waals surface area contributed by atoms with E-state index < -0.39 is 12.0 Å². The van der Waals surface area contributed by atoms with Crippen LogP contribution in [0.2, 0.25) is 0 Å². The fourth-order valence-corrected chi connectivity index (χ4v) is 3.80. The van der Waals surface area contributed by atoms with Gasteiger partial charge in [-0.05, 0) is 32.1 Å². The van der Waals surface area contributed by atoms with Gasteiger partial charge in [0.2, 0.25) is 11.8 Å². The molecule has 0 aromatic heterocycles. The van der Waals surface area contributed by atoms with Crippen LogP contribution in [0.25, 0.3) is 0 Å². The van der Waals surface area contributed by atoms with Crippen LogP contribution in [0.4, 0.5) is 0 Å². The van der Waals surface area contributed by atoms with Crippen molar-refractivity contribution in [3.8, 4) is 0 Å². The van der Waals surface area contributed by atoms with E-state index in [9.17, 15) is 14.4 Å². The summed E-state index contributed by atoms with van der Waals surface area (Å²) in [4.78, 5) is 39.2. The highest BCUT2D eigenvalue weighted by Gasteiger charge is 2.28. The summed E-state index contributed by atoms with van der Waals surface area (Å²) >= 11 is 0. The first-order valence-electron chi connectivity index (χ1n) is 12.7. The van der Waals surface area contributed by atoms with Gasteiger partial charge in [0.15, 0.2) is 0 Å². The van der Waals surface area contributed by atoms with Crippen molar-refractivity contribution in [2.45, 2.75) is 124 Å². The molecule has 2 amide bonds. The van der Waals surface area contributed by atoms with Crippen molar-refractivity contribution >= 4 is 17.8 Å². The molecule has 6 nitrogen and oxygen atoms in total. The number of hydrogen-bond acceptors (Lipinski definition) is 3. The van der Waals surface area contributed by atoms with Gasteiger partial charge in [-0.15, -0.1) is 0 Å². The molecule has 182 valence electrons. The number of carbonyl (C=O) groups is 3. The first-order chi connectivity index (χ1) is 14.9. The largest absolute Gasteiger partial charge is 0.481 e. The average molecular weight is 441 g/mol. The molecule has 0 heterocycles. The summed E-state index contributed by atoms with van der Waals surface area (Å²) in [6, 6.07) is -0.753. The summed E-state index contributed by atoms with van der Waals surface area (Å²) < 4.78 is 0. The van der Waals surface area contributed by atoms with Gasteiger partial charge in [-0.1, -0.05) is 79.1 Å². The Morgan fingerprint density at radius 1 is 0.774 bits per heavy atom. The molecule has 0 fully saturated rings. The van der Waals surface area contributed by atoms with Crippen molar-refractivity contribution in [3.05, 3.63) is 0 Å². The summed E-state index contributed by atoms with van der Waals surface area (Å²) in [7, 11) is 0. The van der Waals surface area contributed by atoms with Gasteiger partial charge in [0.25, 0.3) is 0 Å². The van der Waals surface area contributed by atoms with E-state index in [-0.39, 0.29) is 30.6 Å². The summed E-state index contributed by atoms with van der Waals surface area (Å²) in [5.41, 5.74) is 0. The minimum absolute atomic E-state index is 0.114. The zero-order valence-corrected chi connectivity index (χ0v) is 20.6. The topological polar surface area (TPSA) is 86.7 Å². The molecule has 0 rings (SSSR count). The second-order valence-corrected chi connectivity index (χ2v) is 8.69. The van der Waals surface area contributed by atoms with Gasteiger partial charge >= 0.3 is 5.97 Å². The number of carboxylic acid groups (broad SMARTS) is 1. The Morgan fingerprint density at radius 2 is 1.32 bits per heavy atom. The first-order valence-corrected chi connectivity index (χ1v) is 12.7. The van der Waals surface area contributed by atoms with Gasteiger partial charge in [0.05, 0.1) is 0 Å². The monoisotopic (exact) mass is 440 g/mol. The average Bonchev–Trinajstić information content (AvgIpc) is 2.75. The number of rotatable bonds is 20. The lowest BCUT2D eigenvalue weighted by molar-refractivity contribution is -0.140. The first kappa shape index (κ1) is 29.4. The Bertz CT molecular complexity index is 484. The lowest BCUT2D eigenvalue weighted by Gasteiger charge is -2.29. The van der Waals surface area contributed by atoms with E-state index >= 15 is 0 Å². The Morgan fingerprint density at radius 3 is 1.77 bits per heavy atom. The maximum atomic E-state index is 13.4. The second kappa shape index (κ2) is 19.1. The SMILES string of the molecule is CCCCCCN(CCCCCC)C(=O)[C@H](CCC(=O)O)NC(=O)C(CC)CCCC. The molecule has 31 heavy (non-hydrogen) atoms. The van der Waals surface area contributed by atoms with Crippen LogP contribution in [-0.4, -0.2) is 46.9 Å². The van der Waals surface area contributed by atoms with Crippen LogP contribution in [0.1, 0.15) is 118 Å². The molecule has 0 aliphatic heterocycles. The Kier molecular flexibility index (Phi) is 18.1. The van der Waals surface area contributed by atoms with Gasteiger partial charge in [-0.3, -0.25) is 14.4 Å². The maximum Gasteiger partial charge on any atom is 0.303 e. The van der Waals surface area contributed by atoms with E-state index in [1.165, 1.54) is 0 Å².